The Kier molecular flexibility index (Phi) is 3.34. The molecule has 1 aliphatic rings. The van der Waals surface area contributed by atoms with Crippen LogP contribution in [0, 0.1) is 12.3 Å². The molecule has 120 valence electrons. The molecule has 0 atom stereocenters. The lowest BCUT2D eigenvalue weighted by atomic mass is 9.83. The van der Waals surface area contributed by atoms with Gasteiger partial charge in [0, 0.05) is 22.9 Å². The number of aryl methyl sites for hydroxylation is 1. The van der Waals surface area contributed by atoms with Gasteiger partial charge in [0.1, 0.15) is 6.33 Å². The molecular formula is C17H20BrN5. The normalized spacial score (nSPS) is 18.0. The van der Waals surface area contributed by atoms with Gasteiger partial charge in [0.15, 0.2) is 5.65 Å². The summed E-state index contributed by atoms with van der Waals surface area (Å²) in [5, 5.41) is 5.46. The first-order valence-electron chi connectivity index (χ1n) is 7.99. The highest BCUT2D eigenvalue weighted by Gasteiger charge is 2.28. The smallest absolute Gasteiger partial charge is 0.229 e. The van der Waals surface area contributed by atoms with Gasteiger partial charge in [-0.15, -0.1) is 0 Å². The summed E-state index contributed by atoms with van der Waals surface area (Å²) in [6, 6.07) is 4.23. The van der Waals surface area contributed by atoms with E-state index >= 15 is 0 Å². The molecule has 1 aromatic carbocycles. The first-order valence-corrected chi connectivity index (χ1v) is 8.78. The average Bonchev–Trinajstić information content (AvgIpc) is 2.97. The molecular weight excluding hydrogens is 354 g/mol. The number of anilines is 1. The van der Waals surface area contributed by atoms with Crippen molar-refractivity contribution in [1.29, 1.82) is 0 Å². The average molecular weight is 374 g/mol. The minimum atomic E-state index is 0.409. The van der Waals surface area contributed by atoms with E-state index in [1.54, 1.807) is 6.33 Å². The van der Waals surface area contributed by atoms with Crippen LogP contribution < -0.4 is 4.90 Å². The lowest BCUT2D eigenvalue weighted by Gasteiger charge is -2.37. The van der Waals surface area contributed by atoms with Crippen molar-refractivity contribution < 1.29 is 0 Å². The Labute approximate surface area is 143 Å². The van der Waals surface area contributed by atoms with Gasteiger partial charge < -0.3 is 4.90 Å². The second kappa shape index (κ2) is 5.16. The summed E-state index contributed by atoms with van der Waals surface area (Å²) >= 11 is 3.66. The quantitative estimate of drug-likeness (QED) is 0.647. The van der Waals surface area contributed by atoms with Crippen molar-refractivity contribution in [2.45, 2.75) is 33.6 Å². The number of fused-ring (bicyclic) bond motifs is 3. The molecule has 5 nitrogen and oxygen atoms in total. The van der Waals surface area contributed by atoms with E-state index in [9.17, 15) is 0 Å². The van der Waals surface area contributed by atoms with Crippen molar-refractivity contribution in [3.05, 3.63) is 28.5 Å². The van der Waals surface area contributed by atoms with E-state index < -0.39 is 0 Å². The van der Waals surface area contributed by atoms with Gasteiger partial charge in [0.2, 0.25) is 5.95 Å². The van der Waals surface area contributed by atoms with Crippen molar-refractivity contribution in [2.75, 3.05) is 18.0 Å². The molecule has 1 saturated heterocycles. The molecule has 0 unspecified atom stereocenters. The summed E-state index contributed by atoms with van der Waals surface area (Å²) in [5.41, 5.74) is 3.42. The first kappa shape index (κ1) is 14.9. The fraction of sp³-hybridized carbons (Fsp3) is 0.471. The molecule has 1 aliphatic heterocycles. The number of aromatic nitrogens is 4. The third-order valence-electron chi connectivity index (χ3n) is 4.80. The number of piperidine rings is 1. The van der Waals surface area contributed by atoms with Crippen LogP contribution in [-0.2, 0) is 0 Å². The molecule has 0 N–H and O–H groups in total. The Balaban J connectivity index is 1.91. The minimum Gasteiger partial charge on any atom is -0.341 e. The largest absolute Gasteiger partial charge is 0.341 e. The fourth-order valence-corrected chi connectivity index (χ4v) is 3.92. The van der Waals surface area contributed by atoms with E-state index in [0.29, 0.717) is 5.41 Å². The molecule has 3 aromatic rings. The maximum Gasteiger partial charge on any atom is 0.229 e. The van der Waals surface area contributed by atoms with Crippen LogP contribution in [-0.4, -0.2) is 32.7 Å². The molecule has 0 spiro atoms. The zero-order valence-corrected chi connectivity index (χ0v) is 15.3. The summed E-state index contributed by atoms with van der Waals surface area (Å²) in [5.74, 6) is 0.894. The molecule has 0 bridgehead atoms. The molecule has 6 heteroatoms. The second-order valence-electron chi connectivity index (χ2n) is 7.20. The number of benzene rings is 1. The van der Waals surface area contributed by atoms with E-state index in [2.05, 4.69) is 63.8 Å². The zero-order chi connectivity index (χ0) is 16.2. The van der Waals surface area contributed by atoms with Gasteiger partial charge in [-0.3, -0.25) is 0 Å². The molecule has 0 amide bonds. The number of nitrogens with zero attached hydrogens (tertiary/aromatic N) is 5. The monoisotopic (exact) mass is 373 g/mol. The Morgan fingerprint density at radius 3 is 2.65 bits per heavy atom. The molecule has 3 heterocycles. The lowest BCUT2D eigenvalue weighted by Crippen LogP contribution is -2.38. The third-order valence-corrected chi connectivity index (χ3v) is 5.40. The molecule has 0 radical (unpaired) electrons. The van der Waals surface area contributed by atoms with Crippen LogP contribution >= 0.6 is 15.9 Å². The summed E-state index contributed by atoms with van der Waals surface area (Å²) in [6.45, 7) is 8.76. The van der Waals surface area contributed by atoms with Crippen LogP contribution in [0.1, 0.15) is 32.3 Å². The topological polar surface area (TPSA) is 46.3 Å². The van der Waals surface area contributed by atoms with Gasteiger partial charge in [-0.05, 0) is 58.8 Å². The number of hydrogen-bond acceptors (Lipinski definition) is 4. The van der Waals surface area contributed by atoms with Crippen LogP contribution in [0.5, 0.6) is 0 Å². The number of rotatable bonds is 1. The Bertz CT molecular complexity index is 889. The minimum absolute atomic E-state index is 0.409. The molecule has 1 fully saturated rings. The van der Waals surface area contributed by atoms with Crippen molar-refractivity contribution in [1.82, 2.24) is 19.6 Å². The van der Waals surface area contributed by atoms with Gasteiger partial charge in [0.05, 0.1) is 5.52 Å². The highest BCUT2D eigenvalue weighted by molar-refractivity contribution is 9.10. The standard InChI is InChI=1S/C17H20BrN5/c1-11-8-12-14(13(18)9-11)21-16(23-15(12)19-10-20-23)22-6-4-17(2,3)5-7-22/h8-10H,4-7H2,1-3H3. The Morgan fingerprint density at radius 1 is 1.17 bits per heavy atom. The maximum absolute atomic E-state index is 4.93. The van der Waals surface area contributed by atoms with E-state index in [1.807, 2.05) is 4.52 Å². The van der Waals surface area contributed by atoms with E-state index in [4.69, 9.17) is 4.98 Å². The summed E-state index contributed by atoms with van der Waals surface area (Å²) < 4.78 is 2.89. The lowest BCUT2D eigenvalue weighted by molar-refractivity contribution is 0.278. The molecule has 2 aromatic heterocycles. The summed E-state index contributed by atoms with van der Waals surface area (Å²) in [7, 11) is 0. The van der Waals surface area contributed by atoms with Crippen LogP contribution in [0.15, 0.2) is 22.9 Å². The van der Waals surface area contributed by atoms with Gasteiger partial charge in [0.25, 0.3) is 0 Å². The van der Waals surface area contributed by atoms with Crippen molar-refractivity contribution >= 4 is 38.4 Å². The van der Waals surface area contributed by atoms with Crippen molar-refractivity contribution in [3.8, 4) is 0 Å². The van der Waals surface area contributed by atoms with E-state index in [1.165, 1.54) is 5.56 Å². The van der Waals surface area contributed by atoms with E-state index in [0.717, 1.165) is 52.9 Å². The predicted molar refractivity (Wildman–Crippen MR) is 96.0 cm³/mol. The maximum atomic E-state index is 4.93. The van der Waals surface area contributed by atoms with Crippen LogP contribution in [0.4, 0.5) is 5.95 Å². The van der Waals surface area contributed by atoms with Gasteiger partial charge >= 0.3 is 0 Å². The van der Waals surface area contributed by atoms with Crippen LogP contribution in [0.25, 0.3) is 16.6 Å². The SMILES string of the molecule is Cc1cc(Br)c2nc(N3CCC(C)(C)CC3)n3ncnc3c2c1. The van der Waals surface area contributed by atoms with Crippen molar-refractivity contribution in [3.63, 3.8) is 0 Å². The molecule has 0 saturated carbocycles. The Morgan fingerprint density at radius 2 is 1.91 bits per heavy atom. The fourth-order valence-electron chi connectivity index (χ4n) is 3.25. The second-order valence-corrected chi connectivity index (χ2v) is 8.06. The predicted octanol–water partition coefficient (Wildman–Crippen LogP) is 3.97. The molecule has 0 aliphatic carbocycles. The number of halogens is 1. The highest BCUT2D eigenvalue weighted by atomic mass is 79.9. The summed E-state index contributed by atoms with van der Waals surface area (Å²) in [6.07, 6.45) is 3.94. The Hall–Kier alpha value is -1.69. The summed E-state index contributed by atoms with van der Waals surface area (Å²) in [4.78, 5) is 11.7. The number of hydrogen-bond donors (Lipinski definition) is 0. The van der Waals surface area contributed by atoms with Crippen LogP contribution in [0.2, 0.25) is 0 Å². The van der Waals surface area contributed by atoms with Crippen LogP contribution in [0.3, 0.4) is 0 Å². The van der Waals surface area contributed by atoms with Gasteiger partial charge in [-0.2, -0.15) is 9.61 Å². The van der Waals surface area contributed by atoms with E-state index in [-0.39, 0.29) is 0 Å². The van der Waals surface area contributed by atoms with Gasteiger partial charge in [-0.25, -0.2) is 9.97 Å². The van der Waals surface area contributed by atoms with Crippen molar-refractivity contribution in [2.24, 2.45) is 5.41 Å². The highest BCUT2D eigenvalue weighted by Crippen LogP contribution is 2.34. The first-order chi connectivity index (χ1) is 10.9. The molecule has 4 rings (SSSR count). The zero-order valence-electron chi connectivity index (χ0n) is 13.7. The van der Waals surface area contributed by atoms with Gasteiger partial charge in [-0.1, -0.05) is 13.8 Å². The molecule has 23 heavy (non-hydrogen) atoms. The third kappa shape index (κ3) is 2.49.